The lowest BCUT2D eigenvalue weighted by atomic mass is 10.0. The van der Waals surface area contributed by atoms with Crippen LogP contribution in [0.15, 0.2) is 59.3 Å². The van der Waals surface area contributed by atoms with Crippen LogP contribution in [0, 0.1) is 0 Å². The number of rotatable bonds is 9. The van der Waals surface area contributed by atoms with E-state index < -0.39 is 16.0 Å². The van der Waals surface area contributed by atoms with Crippen LogP contribution in [-0.2, 0) is 19.6 Å². The summed E-state index contributed by atoms with van der Waals surface area (Å²) in [5, 5.41) is 10.1. The normalized spacial score (nSPS) is 14.2. The van der Waals surface area contributed by atoms with Crippen LogP contribution in [0.1, 0.15) is 21.5 Å². The van der Waals surface area contributed by atoms with Gasteiger partial charge >= 0.3 is 5.97 Å². The first-order valence-electron chi connectivity index (χ1n) is 11.4. The van der Waals surface area contributed by atoms with Crippen molar-refractivity contribution in [3.05, 3.63) is 76.0 Å². The van der Waals surface area contributed by atoms with E-state index in [0.717, 1.165) is 5.56 Å². The highest BCUT2D eigenvalue weighted by atomic mass is 32.2. The molecule has 1 aromatic heterocycles. The lowest BCUT2D eigenvalue weighted by molar-refractivity contribution is -0.110. The highest BCUT2D eigenvalue weighted by Crippen LogP contribution is 2.38. The molecule has 1 aliphatic rings. The second-order valence-corrected chi connectivity index (χ2v) is 11.5. The van der Waals surface area contributed by atoms with Gasteiger partial charge in [-0.25, -0.2) is 13.2 Å². The molecule has 0 unspecified atom stereocenters. The molecule has 0 atom stereocenters. The van der Waals surface area contributed by atoms with Crippen LogP contribution in [0.3, 0.4) is 0 Å². The number of sulfonamides is 1. The zero-order chi connectivity index (χ0) is 26.7. The SMILES string of the molecule is COC(=O)c1ccc2c(c1)NC(=O)/C2=C(\Nc1ccc(N(CCN(C)C)S(C)(=O)=O)cc1)c1ccsc1. The van der Waals surface area contributed by atoms with Crippen LogP contribution in [0.2, 0.25) is 0 Å². The van der Waals surface area contributed by atoms with E-state index in [1.807, 2.05) is 35.8 Å². The number of hydrogen-bond acceptors (Lipinski definition) is 8. The first-order valence-corrected chi connectivity index (χ1v) is 14.2. The number of hydrogen-bond donors (Lipinski definition) is 2. The summed E-state index contributed by atoms with van der Waals surface area (Å²) in [5.74, 6) is -0.784. The molecule has 1 aliphatic heterocycles. The summed E-state index contributed by atoms with van der Waals surface area (Å²) in [7, 11) is 1.63. The molecule has 9 nitrogen and oxygen atoms in total. The van der Waals surface area contributed by atoms with Gasteiger partial charge in [0, 0.05) is 35.3 Å². The van der Waals surface area contributed by atoms with Gasteiger partial charge in [-0.1, -0.05) is 6.07 Å². The van der Waals surface area contributed by atoms with E-state index >= 15 is 0 Å². The minimum absolute atomic E-state index is 0.297. The maximum atomic E-state index is 13.1. The van der Waals surface area contributed by atoms with Crippen molar-refractivity contribution >= 4 is 61.6 Å². The molecule has 37 heavy (non-hydrogen) atoms. The zero-order valence-electron chi connectivity index (χ0n) is 20.9. The molecule has 11 heteroatoms. The Labute approximate surface area is 220 Å². The largest absolute Gasteiger partial charge is 0.465 e. The van der Waals surface area contributed by atoms with Crippen LogP contribution >= 0.6 is 11.3 Å². The van der Waals surface area contributed by atoms with Gasteiger partial charge in [0.05, 0.1) is 41.6 Å². The first kappa shape index (κ1) is 26.4. The van der Waals surface area contributed by atoms with Crippen LogP contribution in [-0.4, -0.2) is 65.7 Å². The van der Waals surface area contributed by atoms with Crippen molar-refractivity contribution in [2.45, 2.75) is 0 Å². The zero-order valence-corrected chi connectivity index (χ0v) is 22.6. The standard InChI is InChI=1S/C26H28N4O5S2/c1-29(2)12-13-30(37(4,33)34)20-8-6-19(7-9-20)27-24(18-11-14-36-16-18)23-21-10-5-17(26(32)35-3)15-22(21)28-25(23)31/h5-11,14-16,27H,12-13H2,1-4H3,(H,28,31)/b24-23-. The number of carbonyl (C=O) groups is 2. The number of likely N-dealkylation sites (N-methyl/N-ethyl adjacent to an activating group) is 1. The Bertz CT molecular complexity index is 1450. The van der Waals surface area contributed by atoms with Gasteiger partial charge in [0.25, 0.3) is 5.91 Å². The number of nitrogens with zero attached hydrogens (tertiary/aromatic N) is 2. The van der Waals surface area contributed by atoms with Crippen LogP contribution in [0.25, 0.3) is 11.3 Å². The van der Waals surface area contributed by atoms with E-state index in [0.29, 0.717) is 52.5 Å². The van der Waals surface area contributed by atoms with E-state index in [1.54, 1.807) is 42.5 Å². The topological polar surface area (TPSA) is 108 Å². The van der Waals surface area contributed by atoms with Gasteiger partial charge in [-0.2, -0.15) is 11.3 Å². The molecule has 0 saturated heterocycles. The second kappa shape index (κ2) is 10.8. The van der Waals surface area contributed by atoms with Gasteiger partial charge in [0.15, 0.2) is 0 Å². The van der Waals surface area contributed by atoms with Crippen molar-refractivity contribution in [3.63, 3.8) is 0 Å². The number of carbonyl (C=O) groups excluding carboxylic acids is 2. The summed E-state index contributed by atoms with van der Waals surface area (Å²) in [6.07, 6.45) is 1.19. The van der Waals surface area contributed by atoms with Gasteiger partial charge in [0.1, 0.15) is 0 Å². The molecule has 0 radical (unpaired) electrons. The molecular weight excluding hydrogens is 512 g/mol. The highest BCUT2D eigenvalue weighted by Gasteiger charge is 2.29. The van der Waals surface area contributed by atoms with Gasteiger partial charge < -0.3 is 20.3 Å². The number of esters is 1. The molecule has 0 fully saturated rings. The summed E-state index contributed by atoms with van der Waals surface area (Å²) < 4.78 is 30.9. The summed E-state index contributed by atoms with van der Waals surface area (Å²) >= 11 is 1.50. The number of nitrogens with one attached hydrogen (secondary N) is 2. The highest BCUT2D eigenvalue weighted by molar-refractivity contribution is 7.92. The average molecular weight is 541 g/mol. The smallest absolute Gasteiger partial charge is 0.337 e. The third-order valence-corrected chi connectivity index (χ3v) is 7.70. The molecule has 194 valence electrons. The Morgan fingerprint density at radius 2 is 1.78 bits per heavy atom. The predicted octanol–water partition coefficient (Wildman–Crippen LogP) is 3.79. The van der Waals surface area contributed by atoms with Crippen molar-refractivity contribution in [2.75, 3.05) is 55.5 Å². The Balaban J connectivity index is 1.71. The maximum Gasteiger partial charge on any atom is 0.337 e. The number of fused-ring (bicyclic) bond motifs is 1. The van der Waals surface area contributed by atoms with E-state index in [9.17, 15) is 18.0 Å². The summed E-state index contributed by atoms with van der Waals surface area (Å²) in [6, 6.07) is 13.9. The van der Waals surface area contributed by atoms with Crippen LogP contribution in [0.4, 0.5) is 17.1 Å². The second-order valence-electron chi connectivity index (χ2n) is 8.78. The molecule has 0 aliphatic carbocycles. The summed E-state index contributed by atoms with van der Waals surface area (Å²) in [4.78, 5) is 27.0. The lowest BCUT2D eigenvalue weighted by Crippen LogP contribution is -2.35. The van der Waals surface area contributed by atoms with Crippen molar-refractivity contribution in [1.29, 1.82) is 0 Å². The number of anilines is 3. The molecule has 0 saturated carbocycles. The van der Waals surface area contributed by atoms with Crippen molar-refractivity contribution in [2.24, 2.45) is 0 Å². The van der Waals surface area contributed by atoms with E-state index in [4.69, 9.17) is 4.74 Å². The van der Waals surface area contributed by atoms with Gasteiger partial charge in [-0.05, 0) is 61.9 Å². The number of benzene rings is 2. The molecule has 2 heterocycles. The fourth-order valence-electron chi connectivity index (χ4n) is 3.98. The molecule has 2 N–H and O–H groups in total. The van der Waals surface area contributed by atoms with Crippen LogP contribution < -0.4 is 14.9 Å². The Morgan fingerprint density at radius 3 is 2.38 bits per heavy atom. The predicted molar refractivity (Wildman–Crippen MR) is 148 cm³/mol. The maximum absolute atomic E-state index is 13.1. The number of thiophene rings is 1. The van der Waals surface area contributed by atoms with Crippen molar-refractivity contribution < 1.29 is 22.7 Å². The van der Waals surface area contributed by atoms with E-state index in [2.05, 4.69) is 10.6 Å². The molecule has 2 aromatic carbocycles. The Kier molecular flexibility index (Phi) is 7.67. The molecule has 1 amide bonds. The minimum atomic E-state index is -3.46. The molecule has 3 aromatic rings. The number of amides is 1. The molecular formula is C26H28N4O5S2. The third kappa shape index (κ3) is 5.85. The molecule has 0 bridgehead atoms. The lowest BCUT2D eigenvalue weighted by Gasteiger charge is -2.24. The summed E-state index contributed by atoms with van der Waals surface area (Å²) in [5.41, 5.74) is 4.64. The van der Waals surface area contributed by atoms with Crippen molar-refractivity contribution in [3.8, 4) is 0 Å². The van der Waals surface area contributed by atoms with E-state index in [1.165, 1.54) is 29.0 Å². The monoisotopic (exact) mass is 540 g/mol. The Hall–Kier alpha value is -3.67. The fourth-order valence-corrected chi connectivity index (χ4v) is 5.55. The van der Waals surface area contributed by atoms with Crippen LogP contribution in [0.5, 0.6) is 0 Å². The fraction of sp³-hybridized carbons (Fsp3) is 0.231. The third-order valence-electron chi connectivity index (χ3n) is 5.82. The Morgan fingerprint density at radius 1 is 1.05 bits per heavy atom. The first-order chi connectivity index (χ1) is 17.6. The molecule has 4 rings (SSSR count). The van der Waals surface area contributed by atoms with Gasteiger partial charge in [-0.3, -0.25) is 9.10 Å². The quantitative estimate of drug-likeness (QED) is 0.314. The minimum Gasteiger partial charge on any atom is -0.465 e. The van der Waals surface area contributed by atoms with E-state index in [-0.39, 0.29) is 5.91 Å². The van der Waals surface area contributed by atoms with Crippen molar-refractivity contribution in [1.82, 2.24) is 4.90 Å². The average Bonchev–Trinajstić information content (AvgIpc) is 3.49. The van der Waals surface area contributed by atoms with Gasteiger partial charge in [0.2, 0.25) is 10.0 Å². The molecule has 0 spiro atoms. The summed E-state index contributed by atoms with van der Waals surface area (Å²) in [6.45, 7) is 0.904. The number of methoxy groups -OCH3 is 1. The van der Waals surface area contributed by atoms with Gasteiger partial charge in [-0.15, -0.1) is 0 Å². The number of ether oxygens (including phenoxy) is 1.